The number of para-hydroxylation sites is 2. The van der Waals surface area contributed by atoms with Crippen molar-refractivity contribution in [1.29, 1.82) is 0 Å². The summed E-state index contributed by atoms with van der Waals surface area (Å²) in [5, 5.41) is 2.59. The molecule has 1 fully saturated rings. The Bertz CT molecular complexity index is 1550. The quantitative estimate of drug-likeness (QED) is 0.312. The summed E-state index contributed by atoms with van der Waals surface area (Å²) in [4.78, 5) is 19.4. The van der Waals surface area contributed by atoms with E-state index in [1.54, 1.807) is 17.0 Å². The van der Waals surface area contributed by atoms with Gasteiger partial charge in [0.15, 0.2) is 11.3 Å². The van der Waals surface area contributed by atoms with Gasteiger partial charge in [0.2, 0.25) is 5.91 Å². The number of amides is 1. The number of carbonyl (C=O) groups is 1. The average molecular weight is 458 g/mol. The third-order valence-electron chi connectivity index (χ3n) is 6.40. The maximum absolute atomic E-state index is 13.0. The van der Waals surface area contributed by atoms with Gasteiger partial charge in [-0.05, 0) is 29.8 Å². The second kappa shape index (κ2) is 8.09. The lowest BCUT2D eigenvalue weighted by atomic mass is 9.93. The molecular weight excluding hydrogens is 438 g/mol. The van der Waals surface area contributed by atoms with Crippen LogP contribution >= 0.6 is 0 Å². The van der Waals surface area contributed by atoms with Gasteiger partial charge in [0.1, 0.15) is 5.58 Å². The Balaban J connectivity index is 1.35. The van der Waals surface area contributed by atoms with Gasteiger partial charge < -0.3 is 14.1 Å². The average Bonchev–Trinajstić information content (AvgIpc) is 3.40. The van der Waals surface area contributed by atoms with E-state index in [-0.39, 0.29) is 23.2 Å². The Kier molecular flexibility index (Phi) is 4.90. The van der Waals surface area contributed by atoms with E-state index in [1.807, 2.05) is 54.6 Å². The highest BCUT2D eigenvalue weighted by Crippen LogP contribution is 2.42. The van der Waals surface area contributed by atoms with E-state index in [0.29, 0.717) is 25.1 Å². The van der Waals surface area contributed by atoms with E-state index in [1.165, 1.54) is 6.07 Å². The Morgan fingerprint density at radius 2 is 1.85 bits per heavy atom. The van der Waals surface area contributed by atoms with Crippen LogP contribution in [-0.2, 0) is 11.3 Å². The highest BCUT2D eigenvalue weighted by atomic mass is 19.3. The highest BCUT2D eigenvalue weighted by molar-refractivity contribution is 6.09. The normalized spacial score (nSPS) is 16.4. The summed E-state index contributed by atoms with van der Waals surface area (Å²) in [7, 11) is 0. The molecule has 170 valence electrons. The number of halogens is 2. The monoisotopic (exact) mass is 458 g/mol. The summed E-state index contributed by atoms with van der Waals surface area (Å²) in [5.74, 6) is -0.0719. The van der Waals surface area contributed by atoms with Gasteiger partial charge in [0, 0.05) is 35.0 Å². The number of aromatic nitrogens is 1. The number of furan rings is 1. The molecule has 0 N–H and O–H groups in total. The molecule has 1 saturated heterocycles. The standard InChI is InChI=1S/C27H20F2N2O3/c28-27(29)34-23-12-11-19(25-20-6-2-4-8-22(20)33-26(23)25)17-13-24(32)31(14-17)15-18-10-9-16-5-1-3-7-21(16)30-18/h1-12,17,27H,13-15H2. The molecule has 1 aliphatic rings. The van der Waals surface area contributed by atoms with Gasteiger partial charge in [-0.25, -0.2) is 0 Å². The van der Waals surface area contributed by atoms with E-state index in [4.69, 9.17) is 14.1 Å². The second-order valence-electron chi connectivity index (χ2n) is 8.50. The molecular formula is C27H20F2N2O3. The van der Waals surface area contributed by atoms with Crippen molar-refractivity contribution in [1.82, 2.24) is 9.88 Å². The lowest BCUT2D eigenvalue weighted by Gasteiger charge is -2.17. The zero-order valence-corrected chi connectivity index (χ0v) is 18.1. The predicted octanol–water partition coefficient (Wildman–Crippen LogP) is 6.25. The van der Waals surface area contributed by atoms with Crippen LogP contribution in [0.3, 0.4) is 0 Å². The minimum atomic E-state index is -2.96. The van der Waals surface area contributed by atoms with Crippen molar-refractivity contribution in [3.05, 3.63) is 84.1 Å². The Hall–Kier alpha value is -4.00. The number of pyridine rings is 1. The summed E-state index contributed by atoms with van der Waals surface area (Å²) >= 11 is 0. The van der Waals surface area contributed by atoms with Crippen molar-refractivity contribution in [2.24, 2.45) is 0 Å². The maximum atomic E-state index is 13.0. The molecule has 1 atom stereocenters. The van der Waals surface area contributed by atoms with Crippen LogP contribution in [0.15, 0.2) is 77.2 Å². The van der Waals surface area contributed by atoms with Crippen molar-refractivity contribution in [2.75, 3.05) is 6.54 Å². The largest absolute Gasteiger partial charge is 0.452 e. The number of ether oxygens (including phenoxy) is 1. The van der Waals surface area contributed by atoms with Crippen LogP contribution in [0.2, 0.25) is 0 Å². The van der Waals surface area contributed by atoms with Crippen LogP contribution < -0.4 is 4.74 Å². The number of likely N-dealkylation sites (tertiary alicyclic amines) is 1. The molecule has 0 radical (unpaired) electrons. The lowest BCUT2D eigenvalue weighted by molar-refractivity contribution is -0.128. The summed E-state index contributed by atoms with van der Waals surface area (Å²) < 4.78 is 36.6. The molecule has 0 spiro atoms. The summed E-state index contributed by atoms with van der Waals surface area (Å²) in [6.07, 6.45) is 0.331. The first kappa shape index (κ1) is 20.6. The van der Waals surface area contributed by atoms with Gasteiger partial charge in [-0.3, -0.25) is 9.78 Å². The number of fused-ring (bicyclic) bond motifs is 4. The van der Waals surface area contributed by atoms with Gasteiger partial charge in [-0.1, -0.05) is 48.5 Å². The highest BCUT2D eigenvalue weighted by Gasteiger charge is 2.33. The molecule has 2 aromatic heterocycles. The molecule has 0 bridgehead atoms. The molecule has 7 heteroatoms. The SMILES string of the molecule is O=C1CC(c2ccc(OC(F)F)c3oc4ccccc4c23)CN1Cc1ccc2ccccc2n1. The Morgan fingerprint density at radius 3 is 2.74 bits per heavy atom. The fraction of sp³-hybridized carbons (Fsp3) is 0.185. The minimum Gasteiger partial charge on any atom is -0.452 e. The predicted molar refractivity (Wildman–Crippen MR) is 125 cm³/mol. The van der Waals surface area contributed by atoms with E-state index in [9.17, 15) is 13.6 Å². The third kappa shape index (κ3) is 3.53. The van der Waals surface area contributed by atoms with Crippen LogP contribution in [0, 0.1) is 0 Å². The molecule has 1 amide bonds. The zero-order valence-electron chi connectivity index (χ0n) is 18.1. The lowest BCUT2D eigenvalue weighted by Crippen LogP contribution is -2.24. The summed E-state index contributed by atoms with van der Waals surface area (Å²) in [5.41, 5.74) is 3.48. The van der Waals surface area contributed by atoms with Crippen LogP contribution in [0.5, 0.6) is 5.75 Å². The van der Waals surface area contributed by atoms with Crippen molar-refractivity contribution in [2.45, 2.75) is 25.5 Å². The minimum absolute atomic E-state index is 0.00788. The number of rotatable bonds is 5. The van der Waals surface area contributed by atoms with Crippen molar-refractivity contribution in [3.63, 3.8) is 0 Å². The van der Waals surface area contributed by atoms with Gasteiger partial charge in [0.25, 0.3) is 0 Å². The van der Waals surface area contributed by atoms with Gasteiger partial charge in [0.05, 0.1) is 17.8 Å². The first-order chi connectivity index (χ1) is 16.6. The maximum Gasteiger partial charge on any atom is 0.387 e. The third-order valence-corrected chi connectivity index (χ3v) is 6.40. The molecule has 3 aromatic carbocycles. The molecule has 34 heavy (non-hydrogen) atoms. The molecule has 5 aromatic rings. The van der Waals surface area contributed by atoms with E-state index < -0.39 is 6.61 Å². The van der Waals surface area contributed by atoms with Crippen LogP contribution in [0.1, 0.15) is 23.6 Å². The molecule has 1 aliphatic heterocycles. The van der Waals surface area contributed by atoms with Gasteiger partial charge in [-0.2, -0.15) is 8.78 Å². The first-order valence-corrected chi connectivity index (χ1v) is 11.1. The van der Waals surface area contributed by atoms with E-state index in [0.717, 1.165) is 32.9 Å². The second-order valence-corrected chi connectivity index (χ2v) is 8.50. The Labute approximate surface area is 193 Å². The smallest absolute Gasteiger partial charge is 0.387 e. The number of nitrogens with zero attached hydrogens (tertiary/aromatic N) is 2. The van der Waals surface area contributed by atoms with Crippen molar-refractivity contribution in [3.8, 4) is 5.75 Å². The molecule has 3 heterocycles. The van der Waals surface area contributed by atoms with Crippen LogP contribution in [-0.4, -0.2) is 28.9 Å². The number of hydrogen-bond donors (Lipinski definition) is 0. The molecule has 6 rings (SSSR count). The van der Waals surface area contributed by atoms with Gasteiger partial charge >= 0.3 is 6.61 Å². The van der Waals surface area contributed by atoms with Crippen LogP contribution in [0.4, 0.5) is 8.78 Å². The fourth-order valence-corrected chi connectivity index (χ4v) is 4.88. The molecule has 0 saturated carbocycles. The number of benzene rings is 3. The molecule has 1 unspecified atom stereocenters. The Morgan fingerprint density at radius 1 is 1.03 bits per heavy atom. The zero-order chi connectivity index (χ0) is 23.2. The van der Waals surface area contributed by atoms with Crippen molar-refractivity contribution < 1.29 is 22.7 Å². The van der Waals surface area contributed by atoms with Crippen LogP contribution in [0.25, 0.3) is 32.8 Å². The first-order valence-electron chi connectivity index (χ1n) is 11.1. The van der Waals surface area contributed by atoms with Gasteiger partial charge in [-0.15, -0.1) is 0 Å². The summed E-state index contributed by atoms with van der Waals surface area (Å²) in [6.45, 7) is -2.03. The van der Waals surface area contributed by atoms with E-state index in [2.05, 4.69) is 0 Å². The molecule has 0 aliphatic carbocycles. The number of hydrogen-bond acceptors (Lipinski definition) is 4. The summed E-state index contributed by atoms with van der Waals surface area (Å²) in [6, 6.07) is 22.5. The van der Waals surface area contributed by atoms with E-state index >= 15 is 0 Å². The number of alkyl halides is 2. The van der Waals surface area contributed by atoms with Crippen molar-refractivity contribution >= 4 is 38.7 Å². The topological polar surface area (TPSA) is 55.6 Å². The number of carbonyl (C=O) groups excluding carboxylic acids is 1. The molecule has 5 nitrogen and oxygen atoms in total. The fourth-order valence-electron chi connectivity index (χ4n) is 4.88.